The van der Waals surface area contributed by atoms with E-state index in [1.165, 1.54) is 57.0 Å². The number of nitrogens with one attached hydrogen (secondary N) is 2. The number of anilines is 1. The fraction of sp³-hybridized carbons (Fsp3) is 0.600. The van der Waals surface area contributed by atoms with E-state index in [0.717, 1.165) is 17.1 Å². The lowest BCUT2D eigenvalue weighted by Gasteiger charge is -2.33. The minimum Gasteiger partial charge on any atom is -0.354 e. The van der Waals surface area contributed by atoms with Gasteiger partial charge in [-0.3, -0.25) is 9.59 Å². The molecular weight excluding hydrogens is 346 g/mol. The van der Waals surface area contributed by atoms with E-state index < -0.39 is 4.75 Å². The number of hydrogen-bond acceptors (Lipinski definition) is 4. The Balaban J connectivity index is 1.38. The smallest absolute Gasteiger partial charge is 0.250 e. The zero-order chi connectivity index (χ0) is 18.2. The van der Waals surface area contributed by atoms with E-state index in [0.29, 0.717) is 6.54 Å². The van der Waals surface area contributed by atoms with E-state index in [1.54, 1.807) is 6.92 Å². The minimum atomic E-state index is -1.12. The average molecular weight is 374 g/mol. The number of hydrogen-bond donors (Lipinski definition) is 2. The summed E-state index contributed by atoms with van der Waals surface area (Å²) >= 11 is 1.35. The molecule has 2 N–H and O–H groups in total. The van der Waals surface area contributed by atoms with E-state index in [2.05, 4.69) is 15.5 Å². The lowest BCUT2D eigenvalue weighted by molar-refractivity contribution is -0.130. The van der Waals surface area contributed by atoms with Gasteiger partial charge in [-0.25, -0.2) is 0 Å². The van der Waals surface area contributed by atoms with Gasteiger partial charge in [0.25, 0.3) is 0 Å². The van der Waals surface area contributed by atoms with Crippen LogP contribution in [0.25, 0.3) is 0 Å². The Morgan fingerprint density at radius 2 is 1.96 bits per heavy atom. The van der Waals surface area contributed by atoms with Gasteiger partial charge in [0.05, 0.1) is 5.69 Å². The van der Waals surface area contributed by atoms with E-state index in [4.69, 9.17) is 0 Å². The summed E-state index contributed by atoms with van der Waals surface area (Å²) < 4.78 is -1.12. The summed E-state index contributed by atoms with van der Waals surface area (Å²) in [7, 11) is 0. The van der Waals surface area contributed by atoms with Crippen molar-refractivity contribution >= 4 is 29.3 Å². The van der Waals surface area contributed by atoms with Crippen molar-refractivity contribution in [2.45, 2.75) is 48.7 Å². The highest BCUT2D eigenvalue weighted by Gasteiger charge is 2.48. The third kappa shape index (κ3) is 3.49. The van der Waals surface area contributed by atoms with Gasteiger partial charge in [-0.15, -0.1) is 0 Å². The highest BCUT2D eigenvalue weighted by atomic mass is 32.2. The zero-order valence-electron chi connectivity index (χ0n) is 15.3. The van der Waals surface area contributed by atoms with Gasteiger partial charge in [0.15, 0.2) is 4.75 Å². The Kier molecular flexibility index (Phi) is 4.73. The van der Waals surface area contributed by atoms with Crippen LogP contribution in [0.1, 0.15) is 39.0 Å². The first-order valence-corrected chi connectivity index (χ1v) is 10.4. The van der Waals surface area contributed by atoms with Crippen LogP contribution < -0.4 is 10.6 Å². The van der Waals surface area contributed by atoms with Crippen molar-refractivity contribution in [1.29, 1.82) is 0 Å². The molecule has 2 aliphatic heterocycles. The molecule has 3 aliphatic rings. The lowest BCUT2D eigenvalue weighted by Crippen LogP contribution is -2.53. The second-order valence-corrected chi connectivity index (χ2v) is 9.57. The number of piperidine rings is 1. The Morgan fingerprint density at radius 3 is 2.69 bits per heavy atom. The minimum absolute atomic E-state index is 0.181. The molecule has 2 heterocycles. The first kappa shape index (κ1) is 17.9. The van der Waals surface area contributed by atoms with E-state index in [9.17, 15) is 9.59 Å². The predicted molar refractivity (Wildman–Crippen MR) is 104 cm³/mol. The summed E-state index contributed by atoms with van der Waals surface area (Å²) in [4.78, 5) is 29.0. The molecule has 1 aromatic rings. The van der Waals surface area contributed by atoms with Gasteiger partial charge in [-0.2, -0.15) is 0 Å². The molecule has 1 saturated heterocycles. The number of rotatable bonds is 5. The largest absolute Gasteiger partial charge is 0.354 e. The number of amides is 2. The molecule has 1 saturated carbocycles. The molecule has 0 bridgehead atoms. The molecule has 6 heteroatoms. The SMILES string of the molecule is CC1(C(=O)NCC2(CN3CCCCC3)CC2)Sc2ccccc2NC1=O. The van der Waals surface area contributed by atoms with Crippen molar-refractivity contribution < 1.29 is 9.59 Å². The van der Waals surface area contributed by atoms with Crippen molar-refractivity contribution in [3.63, 3.8) is 0 Å². The maximum absolute atomic E-state index is 12.9. The number of para-hydroxylation sites is 1. The molecule has 1 aliphatic carbocycles. The van der Waals surface area contributed by atoms with Crippen molar-refractivity contribution in [1.82, 2.24) is 10.2 Å². The molecular formula is C20H27N3O2S. The fourth-order valence-corrected chi connectivity index (χ4v) is 5.04. The van der Waals surface area contributed by atoms with Crippen molar-refractivity contribution in [2.24, 2.45) is 5.41 Å². The summed E-state index contributed by atoms with van der Waals surface area (Å²) in [6.45, 7) is 5.84. The average Bonchev–Trinajstić information content (AvgIpc) is 3.41. The Hall–Kier alpha value is -1.53. The van der Waals surface area contributed by atoms with Crippen LogP contribution in [0.2, 0.25) is 0 Å². The van der Waals surface area contributed by atoms with Crippen LogP contribution in [-0.2, 0) is 9.59 Å². The van der Waals surface area contributed by atoms with E-state index >= 15 is 0 Å². The molecule has 4 rings (SSSR count). The van der Waals surface area contributed by atoms with Crippen LogP contribution >= 0.6 is 11.8 Å². The van der Waals surface area contributed by atoms with Crippen LogP contribution in [0.3, 0.4) is 0 Å². The third-order valence-electron chi connectivity index (χ3n) is 5.90. The second-order valence-electron chi connectivity index (χ2n) is 8.11. The van der Waals surface area contributed by atoms with Gasteiger partial charge < -0.3 is 15.5 Å². The maximum Gasteiger partial charge on any atom is 0.250 e. The van der Waals surface area contributed by atoms with Crippen LogP contribution in [-0.4, -0.2) is 47.6 Å². The summed E-state index contributed by atoms with van der Waals surface area (Å²) in [5.41, 5.74) is 1.01. The van der Waals surface area contributed by atoms with Gasteiger partial charge >= 0.3 is 0 Å². The zero-order valence-corrected chi connectivity index (χ0v) is 16.2. The number of nitrogens with zero attached hydrogens (tertiary/aromatic N) is 1. The Labute approximate surface area is 159 Å². The third-order valence-corrected chi connectivity index (χ3v) is 7.26. The molecule has 140 valence electrons. The van der Waals surface area contributed by atoms with E-state index in [1.807, 2.05) is 24.3 Å². The standard InChI is InChI=1S/C20H27N3O2S/c1-19(18(25)22-15-7-3-4-8-16(15)26-19)17(24)21-13-20(9-10-20)14-23-11-5-2-6-12-23/h3-4,7-8H,2,5-6,9-14H2,1H3,(H,21,24)(H,22,25). The highest BCUT2D eigenvalue weighted by Crippen LogP contribution is 2.47. The van der Waals surface area contributed by atoms with Crippen molar-refractivity contribution in [3.05, 3.63) is 24.3 Å². The maximum atomic E-state index is 12.9. The van der Waals surface area contributed by atoms with Crippen molar-refractivity contribution in [3.8, 4) is 0 Å². The molecule has 1 atom stereocenters. The van der Waals surface area contributed by atoms with Crippen LogP contribution in [0.4, 0.5) is 5.69 Å². The normalized spacial score (nSPS) is 27.3. The molecule has 2 fully saturated rings. The quantitative estimate of drug-likeness (QED) is 0.779. The number of thioether (sulfide) groups is 1. The second kappa shape index (κ2) is 6.89. The topological polar surface area (TPSA) is 61.4 Å². The molecule has 0 aromatic heterocycles. The summed E-state index contributed by atoms with van der Waals surface area (Å²) in [5.74, 6) is -0.418. The number of carbonyl (C=O) groups is 2. The monoisotopic (exact) mass is 373 g/mol. The summed E-state index contributed by atoms with van der Waals surface area (Å²) in [6.07, 6.45) is 6.26. The predicted octanol–water partition coefficient (Wildman–Crippen LogP) is 2.87. The van der Waals surface area contributed by atoms with Gasteiger partial charge in [0.2, 0.25) is 11.8 Å². The molecule has 1 unspecified atom stereocenters. The van der Waals surface area contributed by atoms with Crippen LogP contribution in [0.15, 0.2) is 29.2 Å². The van der Waals surface area contributed by atoms with Crippen LogP contribution in [0.5, 0.6) is 0 Å². The number of benzene rings is 1. The molecule has 1 aromatic carbocycles. The molecule has 26 heavy (non-hydrogen) atoms. The first-order chi connectivity index (χ1) is 12.5. The Morgan fingerprint density at radius 1 is 1.23 bits per heavy atom. The van der Waals surface area contributed by atoms with Gasteiger partial charge in [0.1, 0.15) is 0 Å². The summed E-state index contributed by atoms with van der Waals surface area (Å²) in [5, 5.41) is 5.98. The lowest BCUT2D eigenvalue weighted by atomic mass is 10.0. The Bertz CT molecular complexity index is 713. The van der Waals surface area contributed by atoms with Crippen LogP contribution in [0, 0.1) is 5.41 Å². The summed E-state index contributed by atoms with van der Waals surface area (Å²) in [6, 6.07) is 7.64. The number of likely N-dealkylation sites (tertiary alicyclic amines) is 1. The fourth-order valence-electron chi connectivity index (χ4n) is 3.91. The highest BCUT2D eigenvalue weighted by molar-refractivity contribution is 8.02. The molecule has 0 radical (unpaired) electrons. The molecule has 5 nitrogen and oxygen atoms in total. The van der Waals surface area contributed by atoms with Gasteiger partial charge in [-0.1, -0.05) is 30.3 Å². The van der Waals surface area contributed by atoms with Gasteiger partial charge in [0, 0.05) is 23.4 Å². The number of fused-ring (bicyclic) bond motifs is 1. The number of carbonyl (C=O) groups excluding carboxylic acids is 2. The molecule has 2 amide bonds. The van der Waals surface area contributed by atoms with E-state index in [-0.39, 0.29) is 17.2 Å². The van der Waals surface area contributed by atoms with Crippen molar-refractivity contribution in [2.75, 3.05) is 31.5 Å². The molecule has 0 spiro atoms. The first-order valence-electron chi connectivity index (χ1n) is 9.61. The van der Waals surface area contributed by atoms with Gasteiger partial charge in [-0.05, 0) is 57.8 Å².